The first-order chi connectivity index (χ1) is 13.1. The van der Waals surface area contributed by atoms with E-state index in [1.54, 1.807) is 13.2 Å². The third-order valence-corrected chi connectivity index (χ3v) is 5.90. The second-order valence-electron chi connectivity index (χ2n) is 7.43. The van der Waals surface area contributed by atoms with Crippen LogP contribution in [0.1, 0.15) is 24.0 Å². The Labute approximate surface area is 160 Å². The zero-order valence-electron chi connectivity index (χ0n) is 15.9. The summed E-state index contributed by atoms with van der Waals surface area (Å²) in [5, 5.41) is 0. The lowest BCUT2D eigenvalue weighted by Crippen LogP contribution is -2.43. The first kappa shape index (κ1) is 17.8. The van der Waals surface area contributed by atoms with Crippen LogP contribution in [-0.4, -0.2) is 37.4 Å². The third kappa shape index (κ3) is 3.26. The number of likely N-dealkylation sites (tertiary alicyclic amines) is 1. The maximum Gasteiger partial charge on any atom is 0.161 e. The van der Waals surface area contributed by atoms with Crippen molar-refractivity contribution in [2.75, 3.05) is 20.7 Å². The van der Waals surface area contributed by atoms with E-state index < -0.39 is 0 Å². The molecule has 0 amide bonds. The maximum atomic E-state index is 12.0. The summed E-state index contributed by atoms with van der Waals surface area (Å²) >= 11 is 0. The van der Waals surface area contributed by atoms with Crippen LogP contribution in [0.15, 0.2) is 60.7 Å². The van der Waals surface area contributed by atoms with Crippen LogP contribution in [-0.2, 0) is 16.8 Å². The number of likely N-dealkylation sites (N-methyl/N-ethyl adjacent to an activating group) is 1. The van der Waals surface area contributed by atoms with Gasteiger partial charge in [0.1, 0.15) is 6.61 Å². The van der Waals surface area contributed by atoms with Crippen molar-refractivity contribution in [1.82, 2.24) is 4.90 Å². The Bertz CT molecular complexity index is 861. The molecule has 0 spiro atoms. The molecule has 0 unspecified atom stereocenters. The lowest BCUT2D eigenvalue weighted by molar-refractivity contribution is -0.116. The van der Waals surface area contributed by atoms with Crippen LogP contribution >= 0.6 is 0 Å². The zero-order valence-corrected chi connectivity index (χ0v) is 15.9. The molecule has 4 nitrogen and oxygen atoms in total. The van der Waals surface area contributed by atoms with Crippen molar-refractivity contribution in [3.05, 3.63) is 71.8 Å². The van der Waals surface area contributed by atoms with Crippen molar-refractivity contribution in [1.29, 1.82) is 0 Å². The van der Waals surface area contributed by atoms with E-state index in [-0.39, 0.29) is 17.2 Å². The minimum atomic E-state index is -0.139. The molecule has 0 aromatic heterocycles. The predicted octanol–water partition coefficient (Wildman–Crippen LogP) is 3.75. The lowest BCUT2D eigenvalue weighted by atomic mass is 9.69. The van der Waals surface area contributed by atoms with Crippen molar-refractivity contribution in [2.24, 2.45) is 0 Å². The number of benzene rings is 2. The van der Waals surface area contributed by atoms with Gasteiger partial charge in [-0.15, -0.1) is 0 Å². The predicted molar refractivity (Wildman–Crippen MR) is 105 cm³/mol. The van der Waals surface area contributed by atoms with Crippen LogP contribution in [0, 0.1) is 0 Å². The van der Waals surface area contributed by atoms with E-state index in [1.165, 1.54) is 5.56 Å². The van der Waals surface area contributed by atoms with E-state index in [9.17, 15) is 4.79 Å². The van der Waals surface area contributed by atoms with E-state index in [2.05, 4.69) is 30.2 Å². The van der Waals surface area contributed by atoms with Gasteiger partial charge < -0.3 is 14.4 Å². The van der Waals surface area contributed by atoms with Crippen LogP contribution in [0.3, 0.4) is 0 Å². The molecule has 140 valence electrons. The lowest BCUT2D eigenvalue weighted by Gasteiger charge is -2.37. The number of hydrogen-bond donors (Lipinski definition) is 0. The summed E-state index contributed by atoms with van der Waals surface area (Å²) < 4.78 is 11.6. The molecule has 0 saturated carbocycles. The van der Waals surface area contributed by atoms with Crippen molar-refractivity contribution < 1.29 is 14.3 Å². The number of methoxy groups -OCH3 is 1. The van der Waals surface area contributed by atoms with E-state index in [0.29, 0.717) is 13.0 Å². The van der Waals surface area contributed by atoms with Crippen molar-refractivity contribution in [3.8, 4) is 11.5 Å². The van der Waals surface area contributed by atoms with E-state index >= 15 is 0 Å². The summed E-state index contributed by atoms with van der Waals surface area (Å²) in [4.78, 5) is 14.3. The fourth-order valence-corrected chi connectivity index (χ4v) is 4.36. The van der Waals surface area contributed by atoms with Crippen LogP contribution in [0.5, 0.6) is 11.5 Å². The Kier molecular flexibility index (Phi) is 4.75. The molecule has 2 atom stereocenters. The Morgan fingerprint density at radius 2 is 1.96 bits per heavy atom. The summed E-state index contributed by atoms with van der Waals surface area (Å²) in [6.45, 7) is 1.47. The van der Waals surface area contributed by atoms with Gasteiger partial charge in [-0.1, -0.05) is 42.5 Å². The monoisotopic (exact) mass is 363 g/mol. The summed E-state index contributed by atoms with van der Waals surface area (Å²) in [5.41, 5.74) is 2.16. The van der Waals surface area contributed by atoms with Crippen LogP contribution in [0.25, 0.3) is 0 Å². The fraction of sp³-hybridized carbons (Fsp3) is 0.348. The van der Waals surface area contributed by atoms with Crippen LogP contribution in [0.4, 0.5) is 0 Å². The fourth-order valence-electron chi connectivity index (χ4n) is 4.36. The second-order valence-corrected chi connectivity index (χ2v) is 7.43. The Hall–Kier alpha value is -2.59. The molecule has 1 fully saturated rings. The van der Waals surface area contributed by atoms with Gasteiger partial charge >= 0.3 is 0 Å². The molecule has 0 bridgehead atoms. The molecule has 0 N–H and O–H groups in total. The van der Waals surface area contributed by atoms with E-state index in [4.69, 9.17) is 9.47 Å². The molecule has 1 saturated heterocycles. The third-order valence-electron chi connectivity index (χ3n) is 5.90. The zero-order chi connectivity index (χ0) is 18.9. The molecule has 4 heteroatoms. The highest BCUT2D eigenvalue weighted by Gasteiger charge is 2.48. The summed E-state index contributed by atoms with van der Waals surface area (Å²) in [7, 11) is 3.77. The van der Waals surface area contributed by atoms with Gasteiger partial charge in [0.2, 0.25) is 0 Å². The largest absolute Gasteiger partial charge is 0.493 e. The molecule has 2 aliphatic rings. The number of carbonyl (C=O) groups is 1. The standard InChI is InChI=1S/C23H25NO3/c1-24-13-12-23(11-10-19(25)15-22(23)24)18-8-9-20(26-2)21(14-18)27-16-17-6-4-3-5-7-17/h3-11,14,22H,12-13,15-16H2,1-2H3/t22-,23-/m0/s1. The molecule has 2 aromatic carbocycles. The number of nitrogens with zero attached hydrogens (tertiary/aromatic N) is 1. The number of ether oxygens (including phenoxy) is 2. The SMILES string of the molecule is COc1ccc([C@@]23C=CC(=O)C[C@@H]2N(C)CC3)cc1OCc1ccccc1. The average molecular weight is 363 g/mol. The molecule has 1 aliphatic heterocycles. The topological polar surface area (TPSA) is 38.8 Å². The number of allylic oxidation sites excluding steroid dienone is 1. The number of ketones is 1. The molecule has 4 rings (SSSR count). The summed E-state index contributed by atoms with van der Waals surface area (Å²) in [6.07, 6.45) is 5.43. The quantitative estimate of drug-likeness (QED) is 0.811. The van der Waals surface area contributed by atoms with Gasteiger partial charge in [-0.05, 0) is 49.3 Å². The van der Waals surface area contributed by atoms with E-state index in [0.717, 1.165) is 30.0 Å². The smallest absolute Gasteiger partial charge is 0.161 e. The number of carbonyl (C=O) groups excluding carboxylic acids is 1. The minimum Gasteiger partial charge on any atom is -0.493 e. The van der Waals surface area contributed by atoms with Crippen LogP contribution < -0.4 is 9.47 Å². The minimum absolute atomic E-state index is 0.139. The first-order valence-corrected chi connectivity index (χ1v) is 9.40. The molecular weight excluding hydrogens is 338 g/mol. The van der Waals surface area contributed by atoms with Crippen molar-refractivity contribution in [3.63, 3.8) is 0 Å². The van der Waals surface area contributed by atoms with Crippen molar-refractivity contribution >= 4 is 5.78 Å². The van der Waals surface area contributed by atoms with Gasteiger partial charge in [0.15, 0.2) is 17.3 Å². The van der Waals surface area contributed by atoms with Gasteiger partial charge in [-0.2, -0.15) is 0 Å². The van der Waals surface area contributed by atoms with Gasteiger partial charge in [-0.25, -0.2) is 0 Å². The Balaban J connectivity index is 1.67. The van der Waals surface area contributed by atoms with Gasteiger partial charge in [0.25, 0.3) is 0 Å². The highest BCUT2D eigenvalue weighted by molar-refractivity contribution is 5.92. The normalized spacial score (nSPS) is 24.7. The summed E-state index contributed by atoms with van der Waals surface area (Å²) in [5.74, 6) is 1.68. The van der Waals surface area contributed by atoms with Gasteiger partial charge in [-0.3, -0.25) is 4.79 Å². The Morgan fingerprint density at radius 3 is 2.74 bits per heavy atom. The molecule has 1 aliphatic carbocycles. The molecule has 1 heterocycles. The highest BCUT2D eigenvalue weighted by Crippen LogP contribution is 2.46. The van der Waals surface area contributed by atoms with Crippen molar-refractivity contribution in [2.45, 2.75) is 30.9 Å². The average Bonchev–Trinajstić information content (AvgIpc) is 3.04. The maximum absolute atomic E-state index is 12.0. The highest BCUT2D eigenvalue weighted by atomic mass is 16.5. The Morgan fingerprint density at radius 1 is 1.15 bits per heavy atom. The summed E-state index contributed by atoms with van der Waals surface area (Å²) in [6, 6.07) is 16.5. The number of rotatable bonds is 5. The second kappa shape index (κ2) is 7.20. The molecule has 2 aromatic rings. The molecular formula is C23H25NO3. The first-order valence-electron chi connectivity index (χ1n) is 9.40. The van der Waals surface area contributed by atoms with E-state index in [1.807, 2.05) is 36.4 Å². The number of hydrogen-bond acceptors (Lipinski definition) is 4. The molecule has 27 heavy (non-hydrogen) atoms. The number of fused-ring (bicyclic) bond motifs is 1. The molecule has 0 radical (unpaired) electrons. The van der Waals surface area contributed by atoms with Crippen LogP contribution in [0.2, 0.25) is 0 Å². The van der Waals surface area contributed by atoms with Gasteiger partial charge in [0.05, 0.1) is 7.11 Å². The van der Waals surface area contributed by atoms with Gasteiger partial charge in [0, 0.05) is 17.9 Å².